The molecule has 1 atom stereocenters. The predicted molar refractivity (Wildman–Crippen MR) is 65.6 cm³/mol. The third-order valence-electron chi connectivity index (χ3n) is 4.06. The Balaban J connectivity index is 1.96. The van der Waals surface area contributed by atoms with Crippen molar-refractivity contribution in [1.29, 1.82) is 0 Å². The van der Waals surface area contributed by atoms with Gasteiger partial charge in [0.2, 0.25) is 0 Å². The summed E-state index contributed by atoms with van der Waals surface area (Å²) in [7, 11) is 0. The molecule has 1 aromatic heterocycles. The molecule has 0 saturated carbocycles. The van der Waals surface area contributed by atoms with Crippen molar-refractivity contribution < 1.29 is 0 Å². The zero-order valence-corrected chi connectivity index (χ0v) is 9.37. The van der Waals surface area contributed by atoms with Gasteiger partial charge >= 0.3 is 0 Å². The first-order valence-corrected chi connectivity index (χ1v) is 6.28. The summed E-state index contributed by atoms with van der Waals surface area (Å²) in [6.45, 7) is 2.36. The molecule has 1 fully saturated rings. The molecule has 1 aromatic carbocycles. The Morgan fingerprint density at radius 3 is 3.19 bits per heavy atom. The molecule has 0 bridgehead atoms. The van der Waals surface area contributed by atoms with Gasteiger partial charge in [0.05, 0.1) is 5.52 Å². The molecule has 0 radical (unpaired) electrons. The molecule has 0 spiro atoms. The maximum absolute atomic E-state index is 3.61. The maximum Gasteiger partial charge on any atom is 0.0516 e. The molecule has 82 valence electrons. The molecule has 2 aliphatic heterocycles. The van der Waals surface area contributed by atoms with Gasteiger partial charge in [-0.05, 0) is 37.4 Å². The highest BCUT2D eigenvalue weighted by Gasteiger charge is 2.24. The normalized spacial score (nSPS) is 23.4. The van der Waals surface area contributed by atoms with Crippen molar-refractivity contribution >= 4 is 10.9 Å². The van der Waals surface area contributed by atoms with Crippen LogP contribution in [0.15, 0.2) is 24.3 Å². The van der Waals surface area contributed by atoms with Crippen LogP contribution in [0.25, 0.3) is 10.9 Å². The molecule has 1 unspecified atom stereocenters. The molecule has 0 amide bonds. The molecule has 16 heavy (non-hydrogen) atoms. The van der Waals surface area contributed by atoms with Gasteiger partial charge in [-0.1, -0.05) is 18.2 Å². The Bertz CT molecular complexity index is 547. The largest absolute Gasteiger partial charge is 0.342 e. The van der Waals surface area contributed by atoms with E-state index >= 15 is 0 Å². The van der Waals surface area contributed by atoms with Crippen LogP contribution in [0.2, 0.25) is 0 Å². The lowest BCUT2D eigenvalue weighted by Gasteiger charge is -2.12. The van der Waals surface area contributed by atoms with Gasteiger partial charge in [0, 0.05) is 23.7 Å². The van der Waals surface area contributed by atoms with Crippen molar-refractivity contribution in [2.24, 2.45) is 0 Å². The van der Waals surface area contributed by atoms with Crippen molar-refractivity contribution in [2.45, 2.75) is 31.8 Å². The van der Waals surface area contributed by atoms with Gasteiger partial charge in [-0.25, -0.2) is 0 Å². The number of nitrogens with one attached hydrogen (secondary N) is 1. The molecule has 1 N–H and O–H groups in total. The number of para-hydroxylation sites is 1. The fourth-order valence-electron chi connectivity index (χ4n) is 3.32. The fraction of sp³-hybridized carbons (Fsp3) is 0.429. The van der Waals surface area contributed by atoms with Crippen molar-refractivity contribution in [3.05, 3.63) is 35.5 Å². The topological polar surface area (TPSA) is 17.0 Å². The van der Waals surface area contributed by atoms with Crippen LogP contribution < -0.4 is 5.32 Å². The summed E-state index contributed by atoms with van der Waals surface area (Å²) in [5.41, 5.74) is 4.53. The summed E-state index contributed by atoms with van der Waals surface area (Å²) < 4.78 is 2.54. The molecular weight excluding hydrogens is 196 g/mol. The van der Waals surface area contributed by atoms with E-state index < -0.39 is 0 Å². The lowest BCUT2D eigenvalue weighted by molar-refractivity contribution is 0.583. The first-order valence-electron chi connectivity index (χ1n) is 6.28. The van der Waals surface area contributed by atoms with E-state index in [0.29, 0.717) is 6.04 Å². The fourth-order valence-corrected chi connectivity index (χ4v) is 3.32. The highest BCUT2D eigenvalue weighted by atomic mass is 15.1. The Labute approximate surface area is 95.3 Å². The van der Waals surface area contributed by atoms with Gasteiger partial charge in [0.1, 0.15) is 0 Å². The predicted octanol–water partition coefficient (Wildman–Crippen LogP) is 2.62. The molecule has 0 aliphatic carbocycles. The number of hydrogen-bond donors (Lipinski definition) is 1. The van der Waals surface area contributed by atoms with E-state index in [0.717, 1.165) is 0 Å². The minimum absolute atomic E-state index is 0.596. The molecular formula is C14H16N2. The van der Waals surface area contributed by atoms with Gasteiger partial charge in [0.25, 0.3) is 0 Å². The van der Waals surface area contributed by atoms with Crippen LogP contribution >= 0.6 is 0 Å². The second-order valence-corrected chi connectivity index (χ2v) is 4.97. The monoisotopic (exact) mass is 212 g/mol. The number of benzene rings is 1. The third-order valence-corrected chi connectivity index (χ3v) is 4.06. The van der Waals surface area contributed by atoms with Crippen molar-refractivity contribution in [3.63, 3.8) is 0 Å². The van der Waals surface area contributed by atoms with E-state index in [1.54, 1.807) is 0 Å². The van der Waals surface area contributed by atoms with Gasteiger partial charge in [-0.15, -0.1) is 0 Å². The summed E-state index contributed by atoms with van der Waals surface area (Å²) in [5, 5.41) is 5.04. The Morgan fingerprint density at radius 2 is 2.31 bits per heavy atom. The average molecular weight is 212 g/mol. The summed E-state index contributed by atoms with van der Waals surface area (Å²) in [5.74, 6) is 0. The number of hydrogen-bond acceptors (Lipinski definition) is 1. The summed E-state index contributed by atoms with van der Waals surface area (Å²) in [6.07, 6.45) is 3.83. The van der Waals surface area contributed by atoms with Gasteiger partial charge < -0.3 is 9.88 Å². The first kappa shape index (κ1) is 8.82. The maximum atomic E-state index is 3.61. The van der Waals surface area contributed by atoms with E-state index in [1.165, 1.54) is 54.5 Å². The van der Waals surface area contributed by atoms with Gasteiger partial charge in [0.15, 0.2) is 0 Å². The van der Waals surface area contributed by atoms with Crippen molar-refractivity contribution in [2.75, 3.05) is 6.54 Å². The smallest absolute Gasteiger partial charge is 0.0516 e. The van der Waals surface area contributed by atoms with Crippen LogP contribution in [-0.4, -0.2) is 11.1 Å². The van der Waals surface area contributed by atoms with E-state index in [-0.39, 0.29) is 0 Å². The Hall–Kier alpha value is -1.28. The average Bonchev–Trinajstić information content (AvgIpc) is 3.01. The minimum atomic E-state index is 0.596. The standard InChI is InChI=1S/C14H16N2/c1-3-10-6-8-16-13(12-5-2-7-15-12)9-11(4-1)14(10)16/h1,3-4,9,12,15H,2,5-8H2. The molecule has 2 nitrogen and oxygen atoms in total. The number of aromatic nitrogens is 1. The molecule has 1 saturated heterocycles. The molecule has 2 heteroatoms. The van der Waals surface area contributed by atoms with Gasteiger partial charge in [-0.2, -0.15) is 0 Å². The van der Waals surface area contributed by atoms with Gasteiger partial charge in [-0.3, -0.25) is 0 Å². The van der Waals surface area contributed by atoms with E-state index in [4.69, 9.17) is 0 Å². The van der Waals surface area contributed by atoms with Crippen LogP contribution in [-0.2, 0) is 13.0 Å². The Kier molecular flexibility index (Phi) is 1.71. The first-order chi connectivity index (χ1) is 7.93. The van der Waals surface area contributed by atoms with E-state index in [2.05, 4.69) is 34.1 Å². The van der Waals surface area contributed by atoms with Crippen molar-refractivity contribution in [3.8, 4) is 0 Å². The summed E-state index contributed by atoms with van der Waals surface area (Å²) in [6, 6.07) is 9.70. The SMILES string of the molecule is c1cc2c3c(c1)cc(C1CCCN1)n3CC2. The quantitative estimate of drug-likeness (QED) is 0.769. The highest BCUT2D eigenvalue weighted by molar-refractivity contribution is 5.85. The van der Waals surface area contributed by atoms with Crippen LogP contribution in [0, 0.1) is 0 Å². The van der Waals surface area contributed by atoms with Crippen LogP contribution in [0.4, 0.5) is 0 Å². The number of aryl methyl sites for hydroxylation is 2. The molecule has 2 aromatic rings. The Morgan fingerprint density at radius 1 is 1.31 bits per heavy atom. The summed E-state index contributed by atoms with van der Waals surface area (Å²) in [4.78, 5) is 0. The highest BCUT2D eigenvalue weighted by Crippen LogP contribution is 2.34. The summed E-state index contributed by atoms with van der Waals surface area (Å²) >= 11 is 0. The minimum Gasteiger partial charge on any atom is -0.342 e. The van der Waals surface area contributed by atoms with Crippen LogP contribution in [0.1, 0.15) is 30.1 Å². The lowest BCUT2D eigenvalue weighted by Crippen LogP contribution is -2.16. The van der Waals surface area contributed by atoms with Crippen molar-refractivity contribution in [1.82, 2.24) is 9.88 Å². The van der Waals surface area contributed by atoms with E-state index in [1.807, 2.05) is 0 Å². The molecule has 4 rings (SSSR count). The lowest BCUT2D eigenvalue weighted by atomic mass is 10.1. The zero-order chi connectivity index (χ0) is 10.5. The number of rotatable bonds is 1. The molecule has 3 heterocycles. The second-order valence-electron chi connectivity index (χ2n) is 4.97. The van der Waals surface area contributed by atoms with Crippen LogP contribution in [0.3, 0.4) is 0 Å². The second kappa shape index (κ2) is 3.11. The third kappa shape index (κ3) is 1.05. The van der Waals surface area contributed by atoms with E-state index in [9.17, 15) is 0 Å². The zero-order valence-electron chi connectivity index (χ0n) is 9.37. The van der Waals surface area contributed by atoms with Crippen LogP contribution in [0.5, 0.6) is 0 Å². The molecule has 2 aliphatic rings. The number of nitrogens with zero attached hydrogens (tertiary/aromatic N) is 1.